The highest BCUT2D eigenvalue weighted by Crippen LogP contribution is 2.34. The lowest BCUT2D eigenvalue weighted by Crippen LogP contribution is -2.34. The average Bonchev–Trinajstić information content (AvgIpc) is 2.73. The van der Waals surface area contributed by atoms with Crippen LogP contribution < -0.4 is 14.8 Å². The van der Waals surface area contributed by atoms with Crippen molar-refractivity contribution in [3.8, 4) is 11.5 Å². The summed E-state index contributed by atoms with van der Waals surface area (Å²) in [5.74, 6) is -0.0420. The van der Waals surface area contributed by atoms with Gasteiger partial charge in [-0.1, -0.05) is 31.2 Å². The van der Waals surface area contributed by atoms with Gasteiger partial charge in [0.05, 0.1) is 30.7 Å². The lowest BCUT2D eigenvalue weighted by atomic mass is 10.0. The van der Waals surface area contributed by atoms with Gasteiger partial charge in [0.1, 0.15) is 5.56 Å². The zero-order valence-corrected chi connectivity index (χ0v) is 18.1. The molecular formula is C22H29N3O5. The number of aryl methyl sites for hydroxylation is 1. The van der Waals surface area contributed by atoms with E-state index in [9.17, 15) is 14.9 Å². The molecule has 0 radical (unpaired) electrons. The molecule has 0 fully saturated rings. The molecule has 0 saturated carbocycles. The van der Waals surface area contributed by atoms with E-state index < -0.39 is 10.8 Å². The number of likely N-dealkylation sites (N-methyl/N-ethyl adjacent to an activating group) is 1. The van der Waals surface area contributed by atoms with Crippen molar-refractivity contribution in [2.45, 2.75) is 26.3 Å². The van der Waals surface area contributed by atoms with Gasteiger partial charge in [0.2, 0.25) is 0 Å². The first-order chi connectivity index (χ1) is 14.3. The summed E-state index contributed by atoms with van der Waals surface area (Å²) in [5, 5.41) is 14.3. The van der Waals surface area contributed by atoms with Gasteiger partial charge in [-0.2, -0.15) is 0 Å². The molecule has 1 unspecified atom stereocenters. The second-order valence-corrected chi connectivity index (χ2v) is 6.99. The van der Waals surface area contributed by atoms with Gasteiger partial charge in [0.25, 0.3) is 11.6 Å². The summed E-state index contributed by atoms with van der Waals surface area (Å²) in [5.41, 5.74) is 1.89. The lowest BCUT2D eigenvalue weighted by Gasteiger charge is -2.25. The topological polar surface area (TPSA) is 93.9 Å². The molecule has 8 heteroatoms. The number of benzene rings is 2. The van der Waals surface area contributed by atoms with E-state index in [1.54, 1.807) is 6.92 Å². The maximum Gasteiger partial charge on any atom is 0.286 e. The van der Waals surface area contributed by atoms with E-state index in [0.29, 0.717) is 13.2 Å². The Morgan fingerprint density at radius 3 is 2.33 bits per heavy atom. The standard InChI is InChI=1S/C22H29N3O5/c1-6-15-8-10-16(11-9-15)19(24(3)4)14-23-22(26)17-12-21(30-7-2)20(29-5)13-18(17)25(27)28/h8-13,19H,6-7,14H2,1-5H3,(H,23,26). The fraction of sp³-hybridized carbons (Fsp3) is 0.409. The molecule has 1 atom stereocenters. The Balaban J connectivity index is 2.28. The van der Waals surface area contributed by atoms with Gasteiger partial charge in [-0.3, -0.25) is 14.9 Å². The number of methoxy groups -OCH3 is 1. The van der Waals surface area contributed by atoms with Crippen LogP contribution in [0.15, 0.2) is 36.4 Å². The fourth-order valence-corrected chi connectivity index (χ4v) is 3.17. The molecule has 2 aromatic carbocycles. The summed E-state index contributed by atoms with van der Waals surface area (Å²) in [6, 6.07) is 10.7. The first-order valence-corrected chi connectivity index (χ1v) is 9.84. The van der Waals surface area contributed by atoms with Crippen molar-refractivity contribution in [2.75, 3.05) is 34.4 Å². The quantitative estimate of drug-likeness (QED) is 0.471. The van der Waals surface area contributed by atoms with Crippen LogP contribution in [0.25, 0.3) is 0 Å². The molecule has 30 heavy (non-hydrogen) atoms. The van der Waals surface area contributed by atoms with Crippen molar-refractivity contribution in [2.24, 2.45) is 0 Å². The molecule has 162 valence electrons. The van der Waals surface area contributed by atoms with E-state index >= 15 is 0 Å². The normalized spacial score (nSPS) is 11.8. The third-order valence-electron chi connectivity index (χ3n) is 4.88. The summed E-state index contributed by atoms with van der Waals surface area (Å²) >= 11 is 0. The Morgan fingerprint density at radius 2 is 1.83 bits per heavy atom. The Labute approximate surface area is 176 Å². The Morgan fingerprint density at radius 1 is 1.17 bits per heavy atom. The van der Waals surface area contributed by atoms with Crippen molar-refractivity contribution < 1.29 is 19.2 Å². The van der Waals surface area contributed by atoms with E-state index in [2.05, 4.69) is 24.4 Å². The minimum atomic E-state index is -0.597. The molecule has 2 aromatic rings. The van der Waals surface area contributed by atoms with Crippen molar-refractivity contribution in [3.05, 3.63) is 63.2 Å². The van der Waals surface area contributed by atoms with Gasteiger partial charge in [0.15, 0.2) is 11.5 Å². The molecule has 0 aliphatic rings. The molecule has 0 aliphatic carbocycles. The Bertz CT molecular complexity index is 881. The number of carbonyl (C=O) groups is 1. The number of carbonyl (C=O) groups excluding carboxylic acids is 1. The van der Waals surface area contributed by atoms with Crippen LogP contribution in [-0.4, -0.2) is 50.1 Å². The highest BCUT2D eigenvalue weighted by molar-refractivity contribution is 5.99. The number of nitro groups is 1. The minimum Gasteiger partial charge on any atom is -0.493 e. The van der Waals surface area contributed by atoms with Crippen molar-refractivity contribution in [3.63, 3.8) is 0 Å². The van der Waals surface area contributed by atoms with Crippen LogP contribution in [0.1, 0.15) is 41.4 Å². The zero-order valence-electron chi connectivity index (χ0n) is 18.1. The zero-order chi connectivity index (χ0) is 22.3. The molecule has 0 bridgehead atoms. The van der Waals surface area contributed by atoms with Crippen LogP contribution in [0.3, 0.4) is 0 Å². The van der Waals surface area contributed by atoms with Crippen LogP contribution >= 0.6 is 0 Å². The fourth-order valence-electron chi connectivity index (χ4n) is 3.17. The smallest absolute Gasteiger partial charge is 0.286 e. The maximum atomic E-state index is 12.9. The largest absolute Gasteiger partial charge is 0.493 e. The molecule has 0 aromatic heterocycles. The number of rotatable bonds is 10. The number of nitrogens with zero attached hydrogens (tertiary/aromatic N) is 2. The summed E-state index contributed by atoms with van der Waals surface area (Å²) in [6.45, 7) is 4.51. The van der Waals surface area contributed by atoms with Crippen molar-refractivity contribution in [1.82, 2.24) is 10.2 Å². The number of nitro benzene ring substituents is 1. The first-order valence-electron chi connectivity index (χ1n) is 9.84. The summed E-state index contributed by atoms with van der Waals surface area (Å²) in [4.78, 5) is 25.8. The van der Waals surface area contributed by atoms with E-state index in [0.717, 1.165) is 12.0 Å². The van der Waals surface area contributed by atoms with E-state index in [1.807, 2.05) is 31.1 Å². The van der Waals surface area contributed by atoms with Crippen LogP contribution in [-0.2, 0) is 6.42 Å². The number of ether oxygens (including phenoxy) is 2. The summed E-state index contributed by atoms with van der Waals surface area (Å²) < 4.78 is 10.6. The highest BCUT2D eigenvalue weighted by atomic mass is 16.6. The van der Waals surface area contributed by atoms with Gasteiger partial charge in [-0.15, -0.1) is 0 Å². The van der Waals surface area contributed by atoms with Crippen LogP contribution in [0.2, 0.25) is 0 Å². The van der Waals surface area contributed by atoms with Gasteiger partial charge in [-0.25, -0.2) is 0 Å². The minimum absolute atomic E-state index is 0.0666. The van der Waals surface area contributed by atoms with Crippen molar-refractivity contribution in [1.29, 1.82) is 0 Å². The van der Waals surface area contributed by atoms with Crippen molar-refractivity contribution >= 4 is 11.6 Å². The molecule has 2 rings (SSSR count). The van der Waals surface area contributed by atoms with E-state index in [1.165, 1.54) is 24.8 Å². The Kier molecular flexibility index (Phi) is 8.17. The Hall–Kier alpha value is -3.13. The van der Waals surface area contributed by atoms with Gasteiger partial charge >= 0.3 is 0 Å². The highest BCUT2D eigenvalue weighted by Gasteiger charge is 2.25. The third-order valence-corrected chi connectivity index (χ3v) is 4.88. The number of amides is 1. The molecule has 8 nitrogen and oxygen atoms in total. The molecule has 0 saturated heterocycles. The first kappa shape index (κ1) is 23.2. The average molecular weight is 415 g/mol. The second kappa shape index (κ2) is 10.6. The SMILES string of the molecule is CCOc1cc(C(=O)NCC(c2ccc(CC)cc2)N(C)C)c([N+](=O)[O-])cc1OC. The van der Waals surface area contributed by atoms with Gasteiger partial charge < -0.3 is 19.7 Å². The molecule has 0 spiro atoms. The van der Waals surface area contributed by atoms with Crippen LogP contribution in [0.5, 0.6) is 11.5 Å². The summed E-state index contributed by atoms with van der Waals surface area (Å²) in [6.07, 6.45) is 0.951. The lowest BCUT2D eigenvalue weighted by molar-refractivity contribution is -0.385. The molecule has 1 N–H and O–H groups in total. The molecule has 0 aliphatic heterocycles. The van der Waals surface area contributed by atoms with Crippen LogP contribution in [0, 0.1) is 10.1 Å². The molecule has 0 heterocycles. The number of hydrogen-bond donors (Lipinski definition) is 1. The number of nitrogens with one attached hydrogen (secondary N) is 1. The van der Waals surface area contributed by atoms with E-state index in [4.69, 9.17) is 9.47 Å². The van der Waals surface area contributed by atoms with Gasteiger partial charge in [-0.05, 0) is 38.6 Å². The predicted octanol–water partition coefficient (Wildman–Crippen LogP) is 3.60. The predicted molar refractivity (Wildman–Crippen MR) is 115 cm³/mol. The van der Waals surface area contributed by atoms with Crippen LogP contribution in [0.4, 0.5) is 5.69 Å². The molecule has 1 amide bonds. The van der Waals surface area contributed by atoms with E-state index in [-0.39, 0.29) is 28.8 Å². The summed E-state index contributed by atoms with van der Waals surface area (Å²) in [7, 11) is 5.24. The monoisotopic (exact) mass is 415 g/mol. The maximum absolute atomic E-state index is 12.9. The third kappa shape index (κ3) is 5.48. The van der Waals surface area contributed by atoms with Gasteiger partial charge in [0, 0.05) is 12.6 Å². The second-order valence-electron chi connectivity index (χ2n) is 6.99. The molecular weight excluding hydrogens is 386 g/mol. The number of hydrogen-bond acceptors (Lipinski definition) is 6.